The minimum Gasteiger partial charge on any atom is -0.413 e. The summed E-state index contributed by atoms with van der Waals surface area (Å²) in [5, 5.41) is 12.4. The first-order chi connectivity index (χ1) is 9.95. The fourth-order valence-corrected chi connectivity index (χ4v) is 4.42. The largest absolute Gasteiger partial charge is 0.413 e. The highest BCUT2D eigenvalue weighted by Gasteiger charge is 2.43. The Morgan fingerprint density at radius 3 is 2.36 bits per heavy atom. The lowest BCUT2D eigenvalue weighted by atomic mass is 9.85. The Labute approximate surface area is 140 Å². The van der Waals surface area contributed by atoms with Crippen LogP contribution in [-0.2, 0) is 16.4 Å². The third-order valence-electron chi connectivity index (χ3n) is 4.69. The van der Waals surface area contributed by atoms with E-state index in [1.165, 1.54) is 0 Å². The SMILES string of the molecule is C=CCC(O[Si](C)(C)C(C)(C)C)C(C)(C)c1nc(CO)cs1. The van der Waals surface area contributed by atoms with E-state index in [9.17, 15) is 5.11 Å². The molecule has 0 spiro atoms. The molecule has 3 nitrogen and oxygen atoms in total. The Hall–Kier alpha value is -0.493. The number of aromatic nitrogens is 1. The number of thiazole rings is 1. The van der Waals surface area contributed by atoms with Gasteiger partial charge in [0, 0.05) is 10.8 Å². The van der Waals surface area contributed by atoms with Gasteiger partial charge in [-0.05, 0) is 24.6 Å². The Morgan fingerprint density at radius 2 is 1.95 bits per heavy atom. The Bertz CT molecular complexity index is 503. The van der Waals surface area contributed by atoms with Crippen LogP contribution in [0.25, 0.3) is 0 Å². The summed E-state index contributed by atoms with van der Waals surface area (Å²) in [6.07, 6.45) is 2.77. The fourth-order valence-electron chi connectivity index (χ4n) is 1.99. The second kappa shape index (κ2) is 6.95. The van der Waals surface area contributed by atoms with Crippen molar-refractivity contribution in [3.8, 4) is 0 Å². The van der Waals surface area contributed by atoms with Crippen molar-refractivity contribution in [1.29, 1.82) is 0 Å². The summed E-state index contributed by atoms with van der Waals surface area (Å²) in [4.78, 5) is 4.57. The molecule has 5 heteroatoms. The van der Waals surface area contributed by atoms with Gasteiger partial charge in [-0.25, -0.2) is 4.98 Å². The number of aliphatic hydroxyl groups excluding tert-OH is 1. The van der Waals surface area contributed by atoms with Crippen LogP contribution in [0.1, 0.15) is 51.7 Å². The first kappa shape index (κ1) is 19.6. The lowest BCUT2D eigenvalue weighted by Crippen LogP contribution is -2.49. The van der Waals surface area contributed by atoms with Crippen molar-refractivity contribution in [2.45, 2.75) is 77.3 Å². The van der Waals surface area contributed by atoms with Crippen molar-refractivity contribution in [3.63, 3.8) is 0 Å². The number of nitrogens with zero attached hydrogens (tertiary/aromatic N) is 1. The highest BCUT2D eigenvalue weighted by Crippen LogP contribution is 2.42. The van der Waals surface area contributed by atoms with Gasteiger partial charge in [0.1, 0.15) is 5.01 Å². The number of rotatable bonds is 7. The number of aliphatic hydroxyl groups is 1. The molecule has 0 bridgehead atoms. The van der Waals surface area contributed by atoms with Gasteiger partial charge in [-0.1, -0.05) is 40.7 Å². The first-order valence-corrected chi connectivity index (χ1v) is 11.6. The summed E-state index contributed by atoms with van der Waals surface area (Å²) in [5.74, 6) is 0. The predicted octanol–water partition coefficient (Wildman–Crippen LogP) is 4.88. The Morgan fingerprint density at radius 1 is 1.36 bits per heavy atom. The maximum atomic E-state index is 9.26. The highest BCUT2D eigenvalue weighted by molar-refractivity contribution is 7.09. The summed E-state index contributed by atoms with van der Waals surface area (Å²) in [6.45, 7) is 19.6. The van der Waals surface area contributed by atoms with Gasteiger partial charge in [-0.15, -0.1) is 17.9 Å². The predicted molar refractivity (Wildman–Crippen MR) is 97.9 cm³/mol. The standard InChI is InChI=1S/C17H31NO2SSi/c1-9-10-14(20-22(7,8)16(2,3)4)17(5,6)15-18-13(11-19)12-21-15/h9,12,14,19H,1,10-11H2,2-8H3. The van der Waals surface area contributed by atoms with Crippen LogP contribution >= 0.6 is 11.3 Å². The lowest BCUT2D eigenvalue weighted by Gasteiger charge is -2.43. The van der Waals surface area contributed by atoms with E-state index < -0.39 is 8.32 Å². The molecule has 0 fully saturated rings. The Balaban J connectivity index is 3.10. The fraction of sp³-hybridized carbons (Fsp3) is 0.706. The maximum absolute atomic E-state index is 9.26. The molecule has 0 radical (unpaired) electrons. The van der Waals surface area contributed by atoms with Gasteiger partial charge >= 0.3 is 0 Å². The molecule has 1 rings (SSSR count). The first-order valence-electron chi connectivity index (χ1n) is 7.80. The van der Waals surface area contributed by atoms with E-state index in [2.05, 4.69) is 59.3 Å². The van der Waals surface area contributed by atoms with Gasteiger partial charge in [-0.2, -0.15) is 0 Å². The van der Waals surface area contributed by atoms with Crippen LogP contribution < -0.4 is 0 Å². The van der Waals surface area contributed by atoms with Gasteiger partial charge < -0.3 is 9.53 Å². The van der Waals surface area contributed by atoms with E-state index in [1.807, 2.05) is 11.5 Å². The normalized spacial score (nSPS) is 14.9. The molecular formula is C17H31NO2SSi. The zero-order valence-corrected chi connectivity index (χ0v) is 16.9. The minimum absolute atomic E-state index is 0.0121. The van der Waals surface area contributed by atoms with Gasteiger partial charge in [0.15, 0.2) is 8.32 Å². The molecule has 126 valence electrons. The van der Waals surface area contributed by atoms with Crippen LogP contribution in [0.2, 0.25) is 18.1 Å². The summed E-state index contributed by atoms with van der Waals surface area (Å²) in [7, 11) is -1.87. The second-order valence-electron chi connectivity index (χ2n) is 7.91. The third kappa shape index (κ3) is 4.28. The molecule has 0 saturated heterocycles. The van der Waals surface area contributed by atoms with Crippen LogP contribution in [0.15, 0.2) is 18.0 Å². The molecule has 1 atom stereocenters. The molecule has 0 saturated carbocycles. The number of hydrogen-bond acceptors (Lipinski definition) is 4. The topological polar surface area (TPSA) is 42.4 Å². The van der Waals surface area contributed by atoms with E-state index in [0.717, 1.165) is 17.1 Å². The zero-order valence-electron chi connectivity index (χ0n) is 15.1. The molecule has 1 aromatic heterocycles. The van der Waals surface area contributed by atoms with Crippen LogP contribution in [0, 0.1) is 0 Å². The molecule has 0 aliphatic carbocycles. The van der Waals surface area contributed by atoms with Gasteiger partial charge in [-0.3, -0.25) is 0 Å². The Kier molecular flexibility index (Phi) is 6.18. The van der Waals surface area contributed by atoms with Gasteiger partial charge in [0.05, 0.1) is 18.4 Å². The molecule has 0 aliphatic rings. The average molecular weight is 342 g/mol. The van der Waals surface area contributed by atoms with E-state index in [4.69, 9.17) is 4.43 Å². The van der Waals surface area contributed by atoms with Gasteiger partial charge in [0.2, 0.25) is 0 Å². The molecule has 0 aromatic carbocycles. The van der Waals surface area contributed by atoms with Crippen molar-refractivity contribution in [2.24, 2.45) is 0 Å². The van der Waals surface area contributed by atoms with Crippen LogP contribution in [0.3, 0.4) is 0 Å². The maximum Gasteiger partial charge on any atom is 0.192 e. The van der Waals surface area contributed by atoms with Crippen molar-refractivity contribution in [3.05, 3.63) is 28.7 Å². The van der Waals surface area contributed by atoms with Crippen molar-refractivity contribution in [1.82, 2.24) is 4.98 Å². The van der Waals surface area contributed by atoms with Crippen LogP contribution in [-0.4, -0.2) is 24.5 Å². The monoisotopic (exact) mass is 341 g/mol. The van der Waals surface area contributed by atoms with Crippen LogP contribution in [0.5, 0.6) is 0 Å². The minimum atomic E-state index is -1.87. The number of hydrogen-bond donors (Lipinski definition) is 1. The molecular weight excluding hydrogens is 310 g/mol. The molecule has 1 N–H and O–H groups in total. The summed E-state index contributed by atoms with van der Waals surface area (Å²) in [6, 6.07) is 0. The molecule has 22 heavy (non-hydrogen) atoms. The smallest absolute Gasteiger partial charge is 0.192 e. The average Bonchev–Trinajstić information content (AvgIpc) is 2.86. The molecule has 1 unspecified atom stereocenters. The highest BCUT2D eigenvalue weighted by atomic mass is 32.1. The van der Waals surface area contributed by atoms with Crippen molar-refractivity contribution < 1.29 is 9.53 Å². The summed E-state index contributed by atoms with van der Waals surface area (Å²) in [5.41, 5.74) is 0.527. The molecule has 1 heterocycles. The second-order valence-corrected chi connectivity index (χ2v) is 13.5. The van der Waals surface area contributed by atoms with Crippen molar-refractivity contribution in [2.75, 3.05) is 0 Å². The van der Waals surface area contributed by atoms with Gasteiger partial charge in [0.25, 0.3) is 0 Å². The summed E-state index contributed by atoms with van der Waals surface area (Å²) < 4.78 is 6.68. The van der Waals surface area contributed by atoms with E-state index in [0.29, 0.717) is 0 Å². The quantitative estimate of drug-likeness (QED) is 0.568. The molecule has 1 aromatic rings. The lowest BCUT2D eigenvalue weighted by molar-refractivity contribution is 0.111. The van der Waals surface area contributed by atoms with E-state index in [-0.39, 0.29) is 23.2 Å². The van der Waals surface area contributed by atoms with E-state index >= 15 is 0 Å². The van der Waals surface area contributed by atoms with E-state index in [1.54, 1.807) is 11.3 Å². The molecule has 0 aliphatic heterocycles. The zero-order chi connectivity index (χ0) is 17.2. The van der Waals surface area contributed by atoms with Crippen LogP contribution in [0.4, 0.5) is 0 Å². The summed E-state index contributed by atoms with van der Waals surface area (Å²) >= 11 is 1.60. The molecule has 0 amide bonds. The third-order valence-corrected chi connectivity index (χ3v) is 10.4. The van der Waals surface area contributed by atoms with Crippen molar-refractivity contribution >= 4 is 19.7 Å².